The average Bonchev–Trinajstić information content (AvgIpc) is 3.50. The van der Waals surface area contributed by atoms with Crippen molar-refractivity contribution >= 4 is 51.7 Å². The summed E-state index contributed by atoms with van der Waals surface area (Å²) in [5.41, 5.74) is 3.60. The number of fused-ring (bicyclic) bond motifs is 2. The highest BCUT2D eigenvalue weighted by Crippen LogP contribution is 2.37. The molecule has 0 spiro atoms. The quantitative estimate of drug-likeness (QED) is 0.274. The first-order valence-corrected chi connectivity index (χ1v) is 15.3. The molecule has 7 nitrogen and oxygen atoms in total. The predicted molar refractivity (Wildman–Crippen MR) is 173 cm³/mol. The number of aromatic nitrogens is 1. The van der Waals surface area contributed by atoms with Crippen LogP contribution in [-0.2, 0) is 16.1 Å². The van der Waals surface area contributed by atoms with E-state index in [0.29, 0.717) is 38.0 Å². The van der Waals surface area contributed by atoms with Crippen LogP contribution in [0.1, 0.15) is 29.7 Å². The molecule has 0 saturated carbocycles. The zero-order valence-electron chi connectivity index (χ0n) is 23.8. The molecule has 4 aromatic carbocycles. The molecule has 2 amide bonds. The van der Waals surface area contributed by atoms with Gasteiger partial charge in [-0.1, -0.05) is 89.7 Å². The Morgan fingerprint density at radius 1 is 0.933 bits per heavy atom. The molecule has 45 heavy (non-hydrogen) atoms. The van der Waals surface area contributed by atoms with Gasteiger partial charge in [-0.2, -0.15) is 0 Å². The van der Waals surface area contributed by atoms with E-state index in [1.54, 1.807) is 54.3 Å². The van der Waals surface area contributed by atoms with E-state index in [2.05, 4.69) is 10.3 Å². The molecule has 10 heteroatoms. The monoisotopic (exact) mass is 634 g/mol. The van der Waals surface area contributed by atoms with E-state index in [1.165, 1.54) is 16.7 Å². The van der Waals surface area contributed by atoms with E-state index in [9.17, 15) is 18.8 Å². The van der Waals surface area contributed by atoms with Crippen LogP contribution in [-0.4, -0.2) is 16.4 Å². The summed E-state index contributed by atoms with van der Waals surface area (Å²) >= 11 is 7.54. The van der Waals surface area contributed by atoms with Crippen molar-refractivity contribution in [2.45, 2.75) is 19.5 Å². The standard InChI is InChI=1S/C35H24ClFN4O3S/c1-20-28(32(42)39-24-10-3-2-4-11-24)30(21-15-17-23(37)18-16-21)41-34(44)31(45-35(41)38-20)29-25-12-6-8-14-27(25)40(33(29)43)19-22-9-5-7-13-26(22)36/h2-18,30H,19H2,1H3,(H,39,42)/b31-29+/t30-/m0/s1. The molecule has 0 unspecified atom stereocenters. The molecule has 0 fully saturated rings. The molecular formula is C35H24ClFN4O3S. The van der Waals surface area contributed by atoms with E-state index < -0.39 is 23.3 Å². The van der Waals surface area contributed by atoms with Crippen LogP contribution >= 0.6 is 22.9 Å². The zero-order valence-corrected chi connectivity index (χ0v) is 25.4. The average molecular weight is 635 g/mol. The van der Waals surface area contributed by atoms with Crippen molar-refractivity contribution in [3.63, 3.8) is 0 Å². The minimum atomic E-state index is -0.911. The maximum atomic E-state index is 14.4. The molecular weight excluding hydrogens is 611 g/mol. The summed E-state index contributed by atoms with van der Waals surface area (Å²) in [7, 11) is 0. The van der Waals surface area contributed by atoms with Crippen LogP contribution in [0, 0.1) is 5.82 Å². The summed E-state index contributed by atoms with van der Waals surface area (Å²) in [6.07, 6.45) is 0. The number of benzene rings is 4. The first-order valence-electron chi connectivity index (χ1n) is 14.1. The second kappa shape index (κ2) is 11.4. The first-order chi connectivity index (χ1) is 21.8. The van der Waals surface area contributed by atoms with E-state index in [-0.39, 0.29) is 28.1 Å². The summed E-state index contributed by atoms with van der Waals surface area (Å²) in [6, 6.07) is 28.4. The Balaban J connectivity index is 1.41. The number of rotatable bonds is 5. The van der Waals surface area contributed by atoms with E-state index in [0.717, 1.165) is 16.9 Å². The Hall–Kier alpha value is -5.12. The van der Waals surface area contributed by atoms with Crippen molar-refractivity contribution in [1.29, 1.82) is 0 Å². The minimum absolute atomic E-state index is 0.206. The van der Waals surface area contributed by atoms with Crippen LogP contribution in [0.25, 0.3) is 5.57 Å². The third-order valence-electron chi connectivity index (χ3n) is 7.90. The third-order valence-corrected chi connectivity index (χ3v) is 9.32. The van der Waals surface area contributed by atoms with Gasteiger partial charge < -0.3 is 10.2 Å². The van der Waals surface area contributed by atoms with Gasteiger partial charge in [0.15, 0.2) is 4.80 Å². The lowest BCUT2D eigenvalue weighted by Gasteiger charge is -2.25. The Bertz CT molecular complexity index is 2230. The van der Waals surface area contributed by atoms with Gasteiger partial charge in [0.2, 0.25) is 0 Å². The predicted octanol–water partition coefficient (Wildman–Crippen LogP) is 5.58. The smallest absolute Gasteiger partial charge is 0.271 e. The molecule has 5 aromatic rings. The molecule has 2 aliphatic heterocycles. The van der Waals surface area contributed by atoms with Gasteiger partial charge in [0, 0.05) is 16.3 Å². The Morgan fingerprint density at radius 3 is 2.38 bits per heavy atom. The van der Waals surface area contributed by atoms with Crippen LogP contribution in [0.2, 0.25) is 5.02 Å². The summed E-state index contributed by atoms with van der Waals surface area (Å²) in [5, 5.41) is 3.43. The fourth-order valence-electron chi connectivity index (χ4n) is 5.80. The number of nitrogens with one attached hydrogen (secondary N) is 1. The topological polar surface area (TPSA) is 83.8 Å². The van der Waals surface area contributed by atoms with Crippen molar-refractivity contribution < 1.29 is 14.0 Å². The largest absolute Gasteiger partial charge is 0.322 e. The highest BCUT2D eigenvalue weighted by atomic mass is 35.5. The molecule has 7 rings (SSSR count). The second-order valence-corrected chi connectivity index (χ2v) is 12.0. The van der Waals surface area contributed by atoms with Crippen LogP contribution in [0.15, 0.2) is 124 Å². The Kier molecular flexibility index (Phi) is 7.27. The summed E-state index contributed by atoms with van der Waals surface area (Å²) < 4.78 is 15.7. The van der Waals surface area contributed by atoms with Gasteiger partial charge in [0.25, 0.3) is 17.4 Å². The molecule has 222 valence electrons. The fourth-order valence-corrected chi connectivity index (χ4v) is 7.13. The van der Waals surface area contributed by atoms with Gasteiger partial charge in [0.1, 0.15) is 10.3 Å². The number of amides is 2. The van der Waals surface area contributed by atoms with Crippen LogP contribution < -0.4 is 25.1 Å². The Morgan fingerprint density at radius 2 is 1.62 bits per heavy atom. The zero-order chi connectivity index (χ0) is 31.2. The number of allylic oxidation sites excluding steroid dienone is 1. The van der Waals surface area contributed by atoms with Gasteiger partial charge >= 0.3 is 0 Å². The van der Waals surface area contributed by atoms with Gasteiger partial charge in [-0.15, -0.1) is 0 Å². The number of nitrogens with zero attached hydrogens (tertiary/aromatic N) is 3. The molecule has 1 atom stereocenters. The molecule has 2 aliphatic rings. The Labute approximate surface area is 265 Å². The fraction of sp³-hybridized carbons (Fsp3) is 0.0857. The number of hydrogen-bond acceptors (Lipinski definition) is 5. The molecule has 0 saturated heterocycles. The van der Waals surface area contributed by atoms with E-state index in [4.69, 9.17) is 11.6 Å². The van der Waals surface area contributed by atoms with Gasteiger partial charge in [-0.25, -0.2) is 9.38 Å². The number of carbonyl (C=O) groups is 2. The molecule has 0 aliphatic carbocycles. The van der Waals surface area contributed by atoms with Crippen molar-refractivity contribution in [2.75, 3.05) is 10.2 Å². The highest BCUT2D eigenvalue weighted by molar-refractivity contribution is 7.07. The molecule has 3 heterocycles. The lowest BCUT2D eigenvalue weighted by atomic mass is 9.95. The van der Waals surface area contributed by atoms with Crippen LogP contribution in [0.4, 0.5) is 15.8 Å². The van der Waals surface area contributed by atoms with Crippen LogP contribution in [0.5, 0.6) is 0 Å². The maximum Gasteiger partial charge on any atom is 0.271 e. The second-order valence-electron chi connectivity index (χ2n) is 10.6. The lowest BCUT2D eigenvalue weighted by Crippen LogP contribution is -2.41. The lowest BCUT2D eigenvalue weighted by molar-refractivity contribution is -0.114. The first kappa shape index (κ1) is 28.6. The van der Waals surface area contributed by atoms with Crippen LogP contribution in [0.3, 0.4) is 0 Å². The SMILES string of the molecule is CC1=C(C(=O)Nc2ccccc2)[C@H](c2ccc(F)cc2)n2c(s/c(=C3/C(=O)N(Cc4ccccc4Cl)c4ccccc43)c2=O)=N1. The van der Waals surface area contributed by atoms with E-state index >= 15 is 0 Å². The number of thiazole rings is 1. The minimum Gasteiger partial charge on any atom is -0.322 e. The number of anilines is 2. The third kappa shape index (κ3) is 5.00. The number of halogens is 2. The van der Waals surface area contributed by atoms with Crippen molar-refractivity contribution in [3.8, 4) is 0 Å². The highest BCUT2D eigenvalue weighted by Gasteiger charge is 2.37. The maximum absolute atomic E-state index is 14.4. The number of carbonyl (C=O) groups excluding carboxylic acids is 2. The van der Waals surface area contributed by atoms with Crippen molar-refractivity contribution in [1.82, 2.24) is 4.57 Å². The normalized spacial score (nSPS) is 16.7. The molecule has 0 radical (unpaired) electrons. The molecule has 1 aromatic heterocycles. The summed E-state index contributed by atoms with van der Waals surface area (Å²) in [5.74, 6) is -1.23. The van der Waals surface area contributed by atoms with Gasteiger partial charge in [0.05, 0.1) is 35.1 Å². The van der Waals surface area contributed by atoms with Gasteiger partial charge in [-0.3, -0.25) is 19.0 Å². The van der Waals surface area contributed by atoms with Crippen molar-refractivity contribution in [3.05, 3.63) is 162 Å². The van der Waals surface area contributed by atoms with Gasteiger partial charge in [-0.05, 0) is 54.4 Å². The number of para-hydroxylation sites is 2. The molecule has 1 N–H and O–H groups in total. The van der Waals surface area contributed by atoms with Crippen molar-refractivity contribution in [2.24, 2.45) is 4.99 Å². The summed E-state index contributed by atoms with van der Waals surface area (Å²) in [4.78, 5) is 49.0. The molecule has 0 bridgehead atoms. The number of hydrogen-bond donors (Lipinski definition) is 1. The van der Waals surface area contributed by atoms with E-state index in [1.807, 2.05) is 48.5 Å². The summed E-state index contributed by atoms with van der Waals surface area (Å²) in [6.45, 7) is 1.93.